The van der Waals surface area contributed by atoms with Crippen LogP contribution in [0.5, 0.6) is 0 Å². The van der Waals surface area contributed by atoms with Crippen LogP contribution in [0.2, 0.25) is 0 Å². The van der Waals surface area contributed by atoms with E-state index in [9.17, 15) is 9.18 Å². The SMILES string of the molecule is CN(C)CCN(CC1CCCN(Cc2ccccc2F)C1)C(=O)c1cnccn1. The molecule has 1 unspecified atom stereocenters. The lowest BCUT2D eigenvalue weighted by atomic mass is 9.96. The first kappa shape index (κ1) is 21.3. The number of carbonyl (C=O) groups is 1. The summed E-state index contributed by atoms with van der Waals surface area (Å²) in [6.07, 6.45) is 6.77. The van der Waals surface area contributed by atoms with Crippen molar-refractivity contribution in [1.82, 2.24) is 24.7 Å². The second-order valence-corrected chi connectivity index (χ2v) is 7.98. The summed E-state index contributed by atoms with van der Waals surface area (Å²) in [6, 6.07) is 6.96. The summed E-state index contributed by atoms with van der Waals surface area (Å²) in [5.41, 5.74) is 1.11. The number of carbonyl (C=O) groups excluding carboxylic acids is 1. The van der Waals surface area contributed by atoms with Gasteiger partial charge in [0.2, 0.25) is 0 Å². The van der Waals surface area contributed by atoms with Crippen molar-refractivity contribution in [2.45, 2.75) is 19.4 Å². The van der Waals surface area contributed by atoms with Crippen molar-refractivity contribution < 1.29 is 9.18 Å². The molecule has 1 aliphatic heterocycles. The van der Waals surface area contributed by atoms with E-state index in [1.54, 1.807) is 18.5 Å². The molecule has 6 nitrogen and oxygen atoms in total. The normalized spacial score (nSPS) is 17.4. The molecule has 0 bridgehead atoms. The van der Waals surface area contributed by atoms with E-state index in [0.717, 1.165) is 38.0 Å². The summed E-state index contributed by atoms with van der Waals surface area (Å²) in [6.45, 7) is 4.54. The van der Waals surface area contributed by atoms with E-state index in [2.05, 4.69) is 19.8 Å². The van der Waals surface area contributed by atoms with Crippen LogP contribution in [-0.2, 0) is 6.54 Å². The van der Waals surface area contributed by atoms with Crippen molar-refractivity contribution in [3.63, 3.8) is 0 Å². The van der Waals surface area contributed by atoms with Gasteiger partial charge >= 0.3 is 0 Å². The minimum absolute atomic E-state index is 0.0776. The summed E-state index contributed by atoms with van der Waals surface area (Å²) < 4.78 is 14.0. The van der Waals surface area contributed by atoms with Gasteiger partial charge in [-0.15, -0.1) is 0 Å². The highest BCUT2D eigenvalue weighted by Crippen LogP contribution is 2.21. The zero-order valence-corrected chi connectivity index (χ0v) is 17.3. The third-order valence-electron chi connectivity index (χ3n) is 5.32. The number of piperidine rings is 1. The number of aromatic nitrogens is 2. The Hall–Kier alpha value is -2.38. The molecule has 0 saturated carbocycles. The zero-order chi connectivity index (χ0) is 20.6. The fraction of sp³-hybridized carbons (Fsp3) is 0.500. The molecule has 1 saturated heterocycles. The number of likely N-dealkylation sites (tertiary alicyclic amines) is 1. The van der Waals surface area contributed by atoms with E-state index >= 15 is 0 Å². The summed E-state index contributed by atoms with van der Waals surface area (Å²) in [5.74, 6) is 0.129. The van der Waals surface area contributed by atoms with Crippen molar-refractivity contribution in [2.75, 3.05) is 46.8 Å². The molecular formula is C22H30FN5O. The van der Waals surface area contributed by atoms with Crippen LogP contribution in [0.15, 0.2) is 42.9 Å². The third kappa shape index (κ3) is 6.30. The van der Waals surface area contributed by atoms with Crippen LogP contribution in [-0.4, -0.2) is 77.4 Å². The van der Waals surface area contributed by atoms with Gasteiger partial charge in [0, 0.05) is 50.7 Å². The molecule has 29 heavy (non-hydrogen) atoms. The number of likely N-dealkylation sites (N-methyl/N-ethyl adjacent to an activating group) is 1. The molecule has 1 aromatic carbocycles. The number of nitrogens with zero attached hydrogens (tertiary/aromatic N) is 5. The minimum Gasteiger partial charge on any atom is -0.336 e. The molecule has 0 aliphatic carbocycles. The molecule has 1 aromatic heterocycles. The lowest BCUT2D eigenvalue weighted by Gasteiger charge is -2.36. The maximum Gasteiger partial charge on any atom is 0.274 e. The Kier molecular flexibility index (Phi) is 7.66. The van der Waals surface area contributed by atoms with Gasteiger partial charge in [0.1, 0.15) is 11.5 Å². The van der Waals surface area contributed by atoms with Gasteiger partial charge in [0.05, 0.1) is 6.20 Å². The van der Waals surface area contributed by atoms with Crippen LogP contribution in [0.1, 0.15) is 28.9 Å². The maximum absolute atomic E-state index is 14.0. The second-order valence-electron chi connectivity index (χ2n) is 7.98. The van der Waals surface area contributed by atoms with Crippen molar-refractivity contribution in [3.8, 4) is 0 Å². The van der Waals surface area contributed by atoms with E-state index in [1.165, 1.54) is 12.3 Å². The van der Waals surface area contributed by atoms with Gasteiger partial charge in [-0.2, -0.15) is 0 Å². The van der Waals surface area contributed by atoms with Gasteiger partial charge < -0.3 is 9.80 Å². The van der Waals surface area contributed by atoms with Crippen LogP contribution in [0, 0.1) is 11.7 Å². The molecule has 0 radical (unpaired) electrons. The number of benzene rings is 1. The highest BCUT2D eigenvalue weighted by molar-refractivity contribution is 5.91. The number of amides is 1. The Labute approximate surface area is 172 Å². The van der Waals surface area contributed by atoms with Crippen molar-refractivity contribution in [3.05, 3.63) is 59.9 Å². The largest absolute Gasteiger partial charge is 0.336 e. The topological polar surface area (TPSA) is 52.6 Å². The van der Waals surface area contributed by atoms with E-state index in [-0.39, 0.29) is 11.7 Å². The first-order chi connectivity index (χ1) is 14.0. The number of halogens is 1. The third-order valence-corrected chi connectivity index (χ3v) is 5.32. The molecule has 1 atom stereocenters. The van der Waals surface area contributed by atoms with Gasteiger partial charge in [-0.05, 0) is 45.5 Å². The maximum atomic E-state index is 14.0. The molecule has 3 rings (SSSR count). The van der Waals surface area contributed by atoms with Crippen LogP contribution < -0.4 is 0 Å². The molecule has 1 fully saturated rings. The molecule has 0 N–H and O–H groups in total. The monoisotopic (exact) mass is 399 g/mol. The molecule has 2 aromatic rings. The van der Waals surface area contributed by atoms with Crippen molar-refractivity contribution >= 4 is 5.91 Å². The summed E-state index contributed by atoms with van der Waals surface area (Å²) >= 11 is 0. The minimum atomic E-state index is -0.153. The van der Waals surface area contributed by atoms with E-state index in [0.29, 0.717) is 31.2 Å². The van der Waals surface area contributed by atoms with Gasteiger partial charge in [0.15, 0.2) is 0 Å². The van der Waals surface area contributed by atoms with E-state index in [1.807, 2.05) is 31.1 Å². The van der Waals surface area contributed by atoms with Crippen molar-refractivity contribution in [1.29, 1.82) is 0 Å². The van der Waals surface area contributed by atoms with Crippen LogP contribution in [0.25, 0.3) is 0 Å². The lowest BCUT2D eigenvalue weighted by molar-refractivity contribution is 0.0654. The number of rotatable bonds is 8. The lowest BCUT2D eigenvalue weighted by Crippen LogP contribution is -2.44. The highest BCUT2D eigenvalue weighted by Gasteiger charge is 2.26. The van der Waals surface area contributed by atoms with Crippen LogP contribution in [0.4, 0.5) is 4.39 Å². The summed E-state index contributed by atoms with van der Waals surface area (Å²) in [5, 5.41) is 0. The summed E-state index contributed by atoms with van der Waals surface area (Å²) in [7, 11) is 4.00. The average molecular weight is 400 g/mol. The second kappa shape index (κ2) is 10.4. The highest BCUT2D eigenvalue weighted by atomic mass is 19.1. The van der Waals surface area contributed by atoms with E-state index < -0.39 is 0 Å². The van der Waals surface area contributed by atoms with Crippen molar-refractivity contribution in [2.24, 2.45) is 5.92 Å². The van der Waals surface area contributed by atoms with Crippen LogP contribution >= 0.6 is 0 Å². The predicted octanol–water partition coefficient (Wildman–Crippen LogP) is 2.53. The van der Waals surface area contributed by atoms with Gasteiger partial charge in [0.25, 0.3) is 5.91 Å². The Balaban J connectivity index is 1.64. The molecule has 2 heterocycles. The molecule has 7 heteroatoms. The Morgan fingerprint density at radius 3 is 2.79 bits per heavy atom. The van der Waals surface area contributed by atoms with Gasteiger partial charge in [-0.25, -0.2) is 9.37 Å². The van der Waals surface area contributed by atoms with Gasteiger partial charge in [-0.3, -0.25) is 14.7 Å². The summed E-state index contributed by atoms with van der Waals surface area (Å²) in [4.78, 5) is 27.5. The molecule has 1 aliphatic rings. The first-order valence-corrected chi connectivity index (χ1v) is 10.2. The average Bonchev–Trinajstić information content (AvgIpc) is 2.73. The Morgan fingerprint density at radius 1 is 1.24 bits per heavy atom. The predicted molar refractivity (Wildman–Crippen MR) is 111 cm³/mol. The fourth-order valence-corrected chi connectivity index (χ4v) is 3.79. The zero-order valence-electron chi connectivity index (χ0n) is 17.3. The number of hydrogen-bond acceptors (Lipinski definition) is 5. The Morgan fingerprint density at radius 2 is 2.07 bits per heavy atom. The first-order valence-electron chi connectivity index (χ1n) is 10.2. The molecular weight excluding hydrogens is 369 g/mol. The fourth-order valence-electron chi connectivity index (χ4n) is 3.79. The number of hydrogen-bond donors (Lipinski definition) is 0. The molecule has 156 valence electrons. The Bertz CT molecular complexity index is 786. The quantitative estimate of drug-likeness (QED) is 0.683. The molecule has 1 amide bonds. The van der Waals surface area contributed by atoms with E-state index in [4.69, 9.17) is 0 Å². The standard InChI is InChI=1S/C22H30FN5O/c1-26(2)12-13-28(22(29)21-14-24-9-10-25-21)16-18-6-5-11-27(15-18)17-19-7-3-4-8-20(19)23/h3-4,7-10,14,18H,5-6,11-13,15-17H2,1-2H3. The van der Waals surface area contributed by atoms with Gasteiger partial charge in [-0.1, -0.05) is 18.2 Å². The molecule has 0 spiro atoms. The smallest absolute Gasteiger partial charge is 0.274 e. The van der Waals surface area contributed by atoms with Crippen LogP contribution in [0.3, 0.4) is 0 Å².